The van der Waals surface area contributed by atoms with Gasteiger partial charge in [-0.05, 0) is 43.1 Å². The number of benzene rings is 1. The zero-order valence-electron chi connectivity index (χ0n) is 10.6. The lowest BCUT2D eigenvalue weighted by molar-refractivity contribution is 0.572. The van der Waals surface area contributed by atoms with Crippen molar-refractivity contribution in [3.63, 3.8) is 0 Å². The molecule has 0 aliphatic rings. The molecule has 0 saturated carbocycles. The van der Waals surface area contributed by atoms with Crippen molar-refractivity contribution < 1.29 is 0 Å². The van der Waals surface area contributed by atoms with Gasteiger partial charge in [0, 0.05) is 16.6 Å². The summed E-state index contributed by atoms with van der Waals surface area (Å²) in [4.78, 5) is 0. The Balaban J connectivity index is 2.60. The normalized spacial score (nSPS) is 12.2. The van der Waals surface area contributed by atoms with E-state index < -0.39 is 0 Å². The van der Waals surface area contributed by atoms with Crippen LogP contribution in [0.3, 0.4) is 0 Å². The van der Waals surface area contributed by atoms with Gasteiger partial charge in [-0.25, -0.2) is 0 Å². The van der Waals surface area contributed by atoms with E-state index in [2.05, 4.69) is 32.2 Å². The number of nitrogens with one attached hydrogen (secondary N) is 1. The third kappa shape index (κ3) is 6.11. The van der Waals surface area contributed by atoms with Crippen molar-refractivity contribution in [3.8, 4) is 0 Å². The van der Waals surface area contributed by atoms with E-state index in [-0.39, 0.29) is 0 Å². The average Bonchev–Trinajstić information content (AvgIpc) is 2.14. The zero-order valence-corrected chi connectivity index (χ0v) is 12.1. The molecule has 0 unspecified atom stereocenters. The predicted octanol–water partition coefficient (Wildman–Crippen LogP) is 4.64. The maximum absolute atomic E-state index is 5.95. The highest BCUT2D eigenvalue weighted by molar-refractivity contribution is 6.34. The van der Waals surface area contributed by atoms with Crippen LogP contribution in [0, 0.1) is 5.92 Å². The molecule has 1 rings (SSSR count). The third-order valence-electron chi connectivity index (χ3n) is 2.25. The second-order valence-electron chi connectivity index (χ2n) is 4.72. The van der Waals surface area contributed by atoms with E-state index in [0.717, 1.165) is 18.7 Å². The van der Waals surface area contributed by atoms with Crippen LogP contribution in [-0.4, -0.2) is 13.1 Å². The molecule has 0 aromatic heterocycles. The van der Waals surface area contributed by atoms with Gasteiger partial charge in [-0.3, -0.25) is 0 Å². The van der Waals surface area contributed by atoms with Crippen molar-refractivity contribution in [2.24, 2.45) is 5.92 Å². The SMILES string of the molecule is CC(=Cc1cc(Cl)cc(Cl)c1)CNCC(C)C. The molecule has 0 heterocycles. The first kappa shape index (κ1) is 14.6. The van der Waals surface area contributed by atoms with Crippen LogP contribution in [0.1, 0.15) is 26.3 Å². The molecule has 1 nitrogen and oxygen atoms in total. The highest BCUT2D eigenvalue weighted by atomic mass is 35.5. The molecule has 0 bridgehead atoms. The summed E-state index contributed by atoms with van der Waals surface area (Å²) < 4.78 is 0. The van der Waals surface area contributed by atoms with E-state index in [1.807, 2.05) is 12.1 Å². The lowest BCUT2D eigenvalue weighted by Crippen LogP contribution is -2.21. The minimum absolute atomic E-state index is 0.670. The lowest BCUT2D eigenvalue weighted by atomic mass is 10.1. The molecule has 0 aliphatic carbocycles. The summed E-state index contributed by atoms with van der Waals surface area (Å²) in [5.74, 6) is 0.670. The summed E-state index contributed by atoms with van der Waals surface area (Å²) >= 11 is 11.9. The van der Waals surface area contributed by atoms with Gasteiger partial charge in [-0.15, -0.1) is 0 Å². The van der Waals surface area contributed by atoms with Crippen molar-refractivity contribution in [3.05, 3.63) is 39.4 Å². The molecule has 17 heavy (non-hydrogen) atoms. The van der Waals surface area contributed by atoms with Crippen molar-refractivity contribution >= 4 is 29.3 Å². The Kier molecular flexibility index (Phi) is 6.04. The van der Waals surface area contributed by atoms with Gasteiger partial charge in [0.25, 0.3) is 0 Å². The molecule has 94 valence electrons. The molecule has 0 radical (unpaired) electrons. The second-order valence-corrected chi connectivity index (χ2v) is 5.59. The summed E-state index contributed by atoms with van der Waals surface area (Å²) in [7, 11) is 0. The average molecular weight is 272 g/mol. The standard InChI is InChI=1S/C14H19Cl2N/c1-10(2)8-17-9-11(3)4-12-5-13(15)7-14(16)6-12/h4-7,10,17H,8-9H2,1-3H3. The van der Waals surface area contributed by atoms with Crippen molar-refractivity contribution in [2.75, 3.05) is 13.1 Å². The molecule has 1 aromatic carbocycles. The van der Waals surface area contributed by atoms with E-state index in [9.17, 15) is 0 Å². The zero-order chi connectivity index (χ0) is 12.8. The van der Waals surface area contributed by atoms with Crippen molar-refractivity contribution in [1.82, 2.24) is 5.32 Å². The molecule has 1 N–H and O–H groups in total. The first-order chi connectivity index (χ1) is 7.97. The topological polar surface area (TPSA) is 12.0 Å². The summed E-state index contributed by atoms with van der Waals surface area (Å²) in [6.45, 7) is 8.41. The quantitative estimate of drug-likeness (QED) is 0.823. The fourth-order valence-corrected chi connectivity index (χ4v) is 2.09. The van der Waals surface area contributed by atoms with Gasteiger partial charge < -0.3 is 5.32 Å². The fraction of sp³-hybridized carbons (Fsp3) is 0.429. The molecule has 0 saturated heterocycles. The van der Waals surface area contributed by atoms with E-state index in [1.54, 1.807) is 6.07 Å². The number of hydrogen-bond donors (Lipinski definition) is 1. The summed E-state index contributed by atoms with van der Waals surface area (Å²) in [6.07, 6.45) is 2.10. The van der Waals surface area contributed by atoms with Crippen LogP contribution in [0.25, 0.3) is 6.08 Å². The van der Waals surface area contributed by atoms with Gasteiger partial charge in [0.05, 0.1) is 0 Å². The van der Waals surface area contributed by atoms with Crippen LogP contribution in [0.2, 0.25) is 10.0 Å². The Labute approximate surface area is 114 Å². The van der Waals surface area contributed by atoms with Gasteiger partial charge in [0.1, 0.15) is 0 Å². The number of rotatable bonds is 5. The van der Waals surface area contributed by atoms with Gasteiger partial charge in [-0.1, -0.05) is 48.7 Å². The molecule has 0 atom stereocenters. The molecule has 3 heteroatoms. The molecule has 1 aromatic rings. The smallest absolute Gasteiger partial charge is 0.0426 e. The van der Waals surface area contributed by atoms with Crippen LogP contribution in [0.4, 0.5) is 0 Å². The van der Waals surface area contributed by atoms with Crippen molar-refractivity contribution in [1.29, 1.82) is 0 Å². The van der Waals surface area contributed by atoms with Crippen LogP contribution < -0.4 is 5.32 Å². The van der Waals surface area contributed by atoms with Gasteiger partial charge >= 0.3 is 0 Å². The maximum Gasteiger partial charge on any atom is 0.0426 e. The van der Waals surface area contributed by atoms with E-state index in [4.69, 9.17) is 23.2 Å². The summed E-state index contributed by atoms with van der Waals surface area (Å²) in [5.41, 5.74) is 2.32. The highest BCUT2D eigenvalue weighted by Crippen LogP contribution is 2.20. The molecule has 0 amide bonds. The lowest BCUT2D eigenvalue weighted by Gasteiger charge is -2.07. The maximum atomic E-state index is 5.95. The monoisotopic (exact) mass is 271 g/mol. The fourth-order valence-electron chi connectivity index (χ4n) is 1.55. The van der Waals surface area contributed by atoms with Gasteiger partial charge in [0.2, 0.25) is 0 Å². The second kappa shape index (κ2) is 7.05. The largest absolute Gasteiger partial charge is 0.313 e. The van der Waals surface area contributed by atoms with E-state index in [1.165, 1.54) is 5.57 Å². The highest BCUT2D eigenvalue weighted by Gasteiger charge is 1.98. The van der Waals surface area contributed by atoms with E-state index >= 15 is 0 Å². The molecule has 0 fully saturated rings. The minimum Gasteiger partial charge on any atom is -0.313 e. The number of halogens is 2. The first-order valence-corrected chi connectivity index (χ1v) is 6.57. The van der Waals surface area contributed by atoms with Crippen LogP contribution >= 0.6 is 23.2 Å². The Morgan fingerprint density at radius 1 is 1.24 bits per heavy atom. The molecular formula is C14H19Cl2N. The third-order valence-corrected chi connectivity index (χ3v) is 2.69. The van der Waals surface area contributed by atoms with Crippen LogP contribution in [-0.2, 0) is 0 Å². The first-order valence-electron chi connectivity index (χ1n) is 5.81. The van der Waals surface area contributed by atoms with Gasteiger partial charge in [0.15, 0.2) is 0 Å². The molecular weight excluding hydrogens is 253 g/mol. The van der Waals surface area contributed by atoms with Crippen LogP contribution in [0.5, 0.6) is 0 Å². The minimum atomic E-state index is 0.670. The van der Waals surface area contributed by atoms with Crippen molar-refractivity contribution in [2.45, 2.75) is 20.8 Å². The Morgan fingerprint density at radius 3 is 2.35 bits per heavy atom. The Morgan fingerprint density at radius 2 is 1.82 bits per heavy atom. The van der Waals surface area contributed by atoms with Gasteiger partial charge in [-0.2, -0.15) is 0 Å². The number of hydrogen-bond acceptors (Lipinski definition) is 1. The Bertz CT molecular complexity index is 377. The summed E-state index contributed by atoms with van der Waals surface area (Å²) in [5, 5.41) is 4.75. The molecule has 0 aliphatic heterocycles. The van der Waals surface area contributed by atoms with Crippen LogP contribution in [0.15, 0.2) is 23.8 Å². The predicted molar refractivity (Wildman–Crippen MR) is 77.8 cm³/mol. The molecule has 0 spiro atoms. The Hall–Kier alpha value is -0.500. The summed E-state index contributed by atoms with van der Waals surface area (Å²) in [6, 6.07) is 5.57. The van der Waals surface area contributed by atoms with E-state index in [0.29, 0.717) is 16.0 Å².